The lowest BCUT2D eigenvalue weighted by Gasteiger charge is -2.09. The number of alkyl halides is 3. The Morgan fingerprint density at radius 2 is 1.89 bits per heavy atom. The van der Waals surface area contributed by atoms with Gasteiger partial charge in [-0.05, 0) is 56.7 Å². The van der Waals surface area contributed by atoms with Crippen LogP contribution in [0.4, 0.5) is 13.2 Å². The Kier molecular flexibility index (Phi) is 8.18. The number of hydrogen-bond acceptors (Lipinski definition) is 5. The molecule has 3 rings (SSSR count). The minimum absolute atomic E-state index is 0.0214. The topological polar surface area (TPSA) is 95.1 Å². The second-order valence-electron chi connectivity index (χ2n) is 8.90. The molecule has 11 heteroatoms. The molecule has 3 aromatic rings. The van der Waals surface area contributed by atoms with E-state index in [2.05, 4.69) is 15.2 Å². The van der Waals surface area contributed by atoms with Gasteiger partial charge >= 0.3 is 12.1 Å². The third-order valence-electron chi connectivity index (χ3n) is 5.39. The minimum atomic E-state index is -4.44. The van der Waals surface area contributed by atoms with Crippen LogP contribution in [0.3, 0.4) is 0 Å². The fourth-order valence-corrected chi connectivity index (χ4v) is 3.70. The van der Waals surface area contributed by atoms with Gasteiger partial charge in [0.05, 0.1) is 24.3 Å². The lowest BCUT2D eigenvalue weighted by Crippen LogP contribution is -2.09. The van der Waals surface area contributed by atoms with Gasteiger partial charge in [-0.2, -0.15) is 18.3 Å². The summed E-state index contributed by atoms with van der Waals surface area (Å²) in [6.07, 6.45) is -0.114. The average molecular weight is 494 g/mol. The maximum absolute atomic E-state index is 12.8. The van der Waals surface area contributed by atoms with Gasteiger partial charge in [0.2, 0.25) is 5.88 Å². The molecule has 0 atom stereocenters. The van der Waals surface area contributed by atoms with Crippen molar-refractivity contribution in [2.45, 2.75) is 71.5 Å². The summed E-state index contributed by atoms with van der Waals surface area (Å²) in [5, 5.41) is 17.9. The third kappa shape index (κ3) is 6.83. The highest BCUT2D eigenvalue weighted by molar-refractivity contribution is 5.67. The SMILES string of the molecule is CC(C)c1nn(-c2ccc(C(F)(F)F)cn2)cc1CCCOc1cc(CCC(=O)O)n(C(C)C)n1. The van der Waals surface area contributed by atoms with Crippen LogP contribution in [0.25, 0.3) is 5.82 Å². The van der Waals surface area contributed by atoms with Crippen molar-refractivity contribution in [3.63, 3.8) is 0 Å². The van der Waals surface area contributed by atoms with Crippen LogP contribution in [-0.2, 0) is 23.8 Å². The molecule has 0 aliphatic rings. The van der Waals surface area contributed by atoms with E-state index in [-0.39, 0.29) is 18.4 Å². The normalized spacial score (nSPS) is 12.0. The number of carbonyl (C=O) groups is 1. The van der Waals surface area contributed by atoms with Gasteiger partial charge in [0, 0.05) is 30.2 Å². The molecule has 3 heterocycles. The molecule has 190 valence electrons. The largest absolute Gasteiger partial charge is 0.481 e. The number of halogens is 3. The van der Waals surface area contributed by atoms with Crippen molar-refractivity contribution in [2.24, 2.45) is 0 Å². The summed E-state index contributed by atoms with van der Waals surface area (Å²) in [6.45, 7) is 8.35. The fraction of sp³-hybridized carbons (Fsp3) is 0.500. The molecule has 35 heavy (non-hydrogen) atoms. The Bertz CT molecular complexity index is 1130. The summed E-state index contributed by atoms with van der Waals surface area (Å²) in [4.78, 5) is 14.8. The second-order valence-corrected chi connectivity index (χ2v) is 8.90. The summed E-state index contributed by atoms with van der Waals surface area (Å²) in [6, 6.07) is 4.15. The summed E-state index contributed by atoms with van der Waals surface area (Å²) in [7, 11) is 0. The van der Waals surface area contributed by atoms with Gasteiger partial charge < -0.3 is 9.84 Å². The summed E-state index contributed by atoms with van der Waals surface area (Å²) in [5.74, 6) is 0.0282. The molecular formula is C24H30F3N5O3. The van der Waals surface area contributed by atoms with E-state index in [4.69, 9.17) is 9.84 Å². The van der Waals surface area contributed by atoms with Crippen molar-refractivity contribution >= 4 is 5.97 Å². The van der Waals surface area contributed by atoms with Crippen molar-refractivity contribution in [3.8, 4) is 11.7 Å². The number of carboxylic acid groups (broad SMARTS) is 1. The van der Waals surface area contributed by atoms with Crippen LogP contribution in [-0.4, -0.2) is 42.2 Å². The lowest BCUT2D eigenvalue weighted by molar-refractivity contribution is -0.138. The summed E-state index contributed by atoms with van der Waals surface area (Å²) >= 11 is 0. The van der Waals surface area contributed by atoms with Gasteiger partial charge in [0.1, 0.15) is 0 Å². The first kappa shape index (κ1) is 26.2. The Hall–Kier alpha value is -3.37. The molecule has 0 radical (unpaired) electrons. The van der Waals surface area contributed by atoms with Gasteiger partial charge in [-0.1, -0.05) is 13.8 Å². The zero-order valence-corrected chi connectivity index (χ0v) is 20.2. The number of pyridine rings is 1. The second kappa shape index (κ2) is 10.9. The highest BCUT2D eigenvalue weighted by Gasteiger charge is 2.30. The van der Waals surface area contributed by atoms with E-state index in [0.717, 1.165) is 29.2 Å². The number of aliphatic carboxylic acids is 1. The van der Waals surface area contributed by atoms with Crippen molar-refractivity contribution < 1.29 is 27.8 Å². The molecule has 0 aliphatic carbocycles. The van der Waals surface area contributed by atoms with Crippen LogP contribution in [0.15, 0.2) is 30.6 Å². The molecular weight excluding hydrogens is 463 g/mol. The molecule has 0 saturated carbocycles. The molecule has 0 fully saturated rings. The van der Waals surface area contributed by atoms with E-state index in [1.165, 1.54) is 10.7 Å². The van der Waals surface area contributed by atoms with Gasteiger partial charge in [-0.3, -0.25) is 9.48 Å². The summed E-state index contributed by atoms with van der Waals surface area (Å²) < 4.78 is 47.6. The first-order chi connectivity index (χ1) is 16.5. The van der Waals surface area contributed by atoms with E-state index in [1.54, 1.807) is 16.9 Å². The molecule has 0 bridgehead atoms. The highest BCUT2D eigenvalue weighted by atomic mass is 19.4. The average Bonchev–Trinajstić information content (AvgIpc) is 3.39. The van der Waals surface area contributed by atoms with Crippen molar-refractivity contribution in [1.82, 2.24) is 24.5 Å². The molecule has 0 amide bonds. The van der Waals surface area contributed by atoms with Crippen molar-refractivity contribution in [2.75, 3.05) is 6.61 Å². The van der Waals surface area contributed by atoms with Crippen LogP contribution in [0, 0.1) is 0 Å². The number of aromatic nitrogens is 5. The smallest absolute Gasteiger partial charge is 0.417 e. The maximum atomic E-state index is 12.8. The number of rotatable bonds is 11. The quantitative estimate of drug-likeness (QED) is 0.368. The van der Waals surface area contributed by atoms with E-state index < -0.39 is 17.7 Å². The Morgan fingerprint density at radius 3 is 2.46 bits per heavy atom. The van der Waals surface area contributed by atoms with Gasteiger partial charge in [0.15, 0.2) is 5.82 Å². The molecule has 0 aliphatic heterocycles. The van der Waals surface area contributed by atoms with E-state index >= 15 is 0 Å². The lowest BCUT2D eigenvalue weighted by atomic mass is 10.0. The van der Waals surface area contributed by atoms with Gasteiger partial charge in [0.25, 0.3) is 0 Å². The molecule has 1 N–H and O–H groups in total. The zero-order chi connectivity index (χ0) is 25.8. The van der Waals surface area contributed by atoms with E-state index in [1.807, 2.05) is 27.7 Å². The number of aryl methyl sites for hydroxylation is 2. The number of ether oxygens (including phenoxy) is 1. The summed E-state index contributed by atoms with van der Waals surface area (Å²) in [5.41, 5.74) is 1.83. The predicted octanol–water partition coefficient (Wildman–Crippen LogP) is 5.22. The number of carboxylic acids is 1. The molecule has 3 aromatic heterocycles. The molecule has 0 spiro atoms. The first-order valence-corrected chi connectivity index (χ1v) is 11.5. The van der Waals surface area contributed by atoms with E-state index in [9.17, 15) is 18.0 Å². The van der Waals surface area contributed by atoms with Crippen molar-refractivity contribution in [3.05, 3.63) is 53.1 Å². The van der Waals surface area contributed by atoms with Crippen LogP contribution >= 0.6 is 0 Å². The number of hydrogen-bond donors (Lipinski definition) is 1. The fourth-order valence-electron chi connectivity index (χ4n) is 3.70. The Labute approximate surface area is 201 Å². The monoisotopic (exact) mass is 493 g/mol. The third-order valence-corrected chi connectivity index (χ3v) is 5.39. The van der Waals surface area contributed by atoms with Crippen LogP contribution < -0.4 is 4.74 Å². The first-order valence-electron chi connectivity index (χ1n) is 11.5. The predicted molar refractivity (Wildman–Crippen MR) is 123 cm³/mol. The molecule has 0 saturated heterocycles. The van der Waals surface area contributed by atoms with Crippen LogP contribution in [0.5, 0.6) is 5.88 Å². The van der Waals surface area contributed by atoms with Crippen LogP contribution in [0.2, 0.25) is 0 Å². The Balaban J connectivity index is 1.64. The molecule has 0 unspecified atom stereocenters. The number of nitrogens with zero attached hydrogens (tertiary/aromatic N) is 5. The maximum Gasteiger partial charge on any atom is 0.417 e. The standard InChI is InChI=1S/C24H30F3N5O3/c1-15(2)23-17(14-31(30-23)20-9-7-18(13-28-20)24(25,26)27)6-5-11-35-21-12-19(8-10-22(33)34)32(29-21)16(3)4/h7,9,12-16H,5-6,8,10-11H2,1-4H3,(H,33,34). The van der Waals surface area contributed by atoms with E-state index in [0.29, 0.717) is 37.6 Å². The van der Waals surface area contributed by atoms with Gasteiger partial charge in [-0.25, -0.2) is 9.67 Å². The zero-order valence-electron chi connectivity index (χ0n) is 20.2. The highest BCUT2D eigenvalue weighted by Crippen LogP contribution is 2.29. The molecule has 8 nitrogen and oxygen atoms in total. The van der Waals surface area contributed by atoms with Crippen molar-refractivity contribution in [1.29, 1.82) is 0 Å². The minimum Gasteiger partial charge on any atom is -0.481 e. The van der Waals surface area contributed by atoms with Crippen LogP contribution in [0.1, 0.15) is 75.0 Å². The Morgan fingerprint density at radius 1 is 1.14 bits per heavy atom. The van der Waals surface area contributed by atoms with Gasteiger partial charge in [-0.15, -0.1) is 5.10 Å². The molecule has 0 aromatic carbocycles.